The van der Waals surface area contributed by atoms with Gasteiger partial charge in [0.1, 0.15) is 0 Å². The standard InChI is InChI=1S/C9H16N/c1-2-5-9(6-3-1)7-4-8-10-9/h1-8H2. The van der Waals surface area contributed by atoms with Crippen LogP contribution < -0.4 is 5.32 Å². The van der Waals surface area contributed by atoms with Crippen molar-refractivity contribution in [3.63, 3.8) is 0 Å². The second-order valence-corrected chi connectivity index (χ2v) is 3.77. The third-order valence-electron chi connectivity index (χ3n) is 3.03. The Kier molecular flexibility index (Phi) is 1.69. The smallest absolute Gasteiger partial charge is 0.0357 e. The van der Waals surface area contributed by atoms with E-state index in [1.807, 2.05) is 0 Å². The van der Waals surface area contributed by atoms with E-state index in [0.717, 1.165) is 6.54 Å². The molecule has 0 aromatic carbocycles. The molecule has 10 heavy (non-hydrogen) atoms. The van der Waals surface area contributed by atoms with Crippen molar-refractivity contribution >= 4 is 0 Å². The van der Waals surface area contributed by atoms with Crippen molar-refractivity contribution in [2.75, 3.05) is 6.54 Å². The van der Waals surface area contributed by atoms with Crippen molar-refractivity contribution in [2.24, 2.45) is 0 Å². The van der Waals surface area contributed by atoms with Gasteiger partial charge in [-0.3, -0.25) is 0 Å². The third kappa shape index (κ3) is 1.07. The lowest BCUT2D eigenvalue weighted by atomic mass is 9.81. The van der Waals surface area contributed by atoms with Gasteiger partial charge in [-0.2, -0.15) is 0 Å². The first-order chi connectivity index (χ1) is 4.91. The molecule has 1 saturated heterocycles. The summed E-state index contributed by atoms with van der Waals surface area (Å²) in [4.78, 5) is 0. The molecule has 0 bridgehead atoms. The van der Waals surface area contributed by atoms with Crippen molar-refractivity contribution in [3.05, 3.63) is 0 Å². The zero-order valence-electron chi connectivity index (χ0n) is 6.60. The molecule has 1 saturated carbocycles. The number of hydrogen-bond donors (Lipinski definition) is 0. The highest BCUT2D eigenvalue weighted by atomic mass is 15.0. The first-order valence-electron chi connectivity index (χ1n) is 4.60. The van der Waals surface area contributed by atoms with Gasteiger partial charge in [-0.25, -0.2) is 5.32 Å². The quantitative estimate of drug-likeness (QED) is 0.486. The first-order valence-corrected chi connectivity index (χ1v) is 4.60. The minimum Gasteiger partial charge on any atom is -0.235 e. The Morgan fingerprint density at radius 1 is 0.800 bits per heavy atom. The predicted molar refractivity (Wildman–Crippen MR) is 42.1 cm³/mol. The molecule has 0 unspecified atom stereocenters. The van der Waals surface area contributed by atoms with Gasteiger partial charge in [0.05, 0.1) is 0 Å². The van der Waals surface area contributed by atoms with Crippen LogP contribution in [0.1, 0.15) is 44.9 Å². The van der Waals surface area contributed by atoms with E-state index in [1.165, 1.54) is 44.9 Å². The van der Waals surface area contributed by atoms with E-state index in [0.29, 0.717) is 5.54 Å². The highest BCUT2D eigenvalue weighted by molar-refractivity contribution is 4.94. The fourth-order valence-electron chi connectivity index (χ4n) is 2.42. The molecule has 1 nitrogen and oxygen atoms in total. The molecule has 1 heteroatoms. The largest absolute Gasteiger partial charge is 0.235 e. The van der Waals surface area contributed by atoms with Crippen LogP contribution in [0.15, 0.2) is 0 Å². The summed E-state index contributed by atoms with van der Waals surface area (Å²) in [6, 6.07) is 0. The van der Waals surface area contributed by atoms with Gasteiger partial charge in [-0.1, -0.05) is 19.3 Å². The fraction of sp³-hybridized carbons (Fsp3) is 1.00. The van der Waals surface area contributed by atoms with Crippen LogP contribution in [0.4, 0.5) is 0 Å². The molecule has 0 aromatic rings. The minimum atomic E-state index is 0.498. The Hall–Kier alpha value is -0.0400. The molecule has 1 radical (unpaired) electrons. The molecule has 0 aromatic heterocycles. The summed E-state index contributed by atoms with van der Waals surface area (Å²) in [7, 11) is 0. The zero-order chi connectivity index (χ0) is 6.86. The molecule has 1 spiro atoms. The highest BCUT2D eigenvalue weighted by Gasteiger charge is 2.35. The van der Waals surface area contributed by atoms with Crippen LogP contribution >= 0.6 is 0 Å². The molecule has 2 rings (SSSR count). The Bertz CT molecular complexity index is 106. The van der Waals surface area contributed by atoms with Crippen molar-refractivity contribution in [1.29, 1.82) is 0 Å². The molecule has 1 aliphatic heterocycles. The van der Waals surface area contributed by atoms with Crippen molar-refractivity contribution in [2.45, 2.75) is 50.5 Å². The van der Waals surface area contributed by atoms with Crippen LogP contribution in [0, 0.1) is 0 Å². The Balaban J connectivity index is 1.98. The van der Waals surface area contributed by atoms with Gasteiger partial charge in [0.25, 0.3) is 0 Å². The molecule has 1 heterocycles. The second kappa shape index (κ2) is 2.54. The predicted octanol–water partition coefficient (Wildman–Crippen LogP) is 2.09. The summed E-state index contributed by atoms with van der Waals surface area (Å²) < 4.78 is 0. The van der Waals surface area contributed by atoms with E-state index < -0.39 is 0 Å². The average Bonchev–Trinajstić information content (AvgIpc) is 2.39. The van der Waals surface area contributed by atoms with Gasteiger partial charge < -0.3 is 0 Å². The van der Waals surface area contributed by atoms with E-state index in [4.69, 9.17) is 5.32 Å². The molecule has 1 aliphatic carbocycles. The van der Waals surface area contributed by atoms with Crippen LogP contribution in [0.3, 0.4) is 0 Å². The van der Waals surface area contributed by atoms with Crippen LogP contribution in [0.2, 0.25) is 0 Å². The minimum absolute atomic E-state index is 0.498. The SMILES string of the molecule is C1CCC2(CC1)CCC[N]2. The third-order valence-corrected chi connectivity index (χ3v) is 3.03. The van der Waals surface area contributed by atoms with Gasteiger partial charge in [0, 0.05) is 12.1 Å². The summed E-state index contributed by atoms with van der Waals surface area (Å²) in [6.45, 7) is 1.15. The topological polar surface area (TPSA) is 14.1 Å². The van der Waals surface area contributed by atoms with E-state index in [1.54, 1.807) is 0 Å². The molecule has 0 atom stereocenters. The number of rotatable bonds is 0. The summed E-state index contributed by atoms with van der Waals surface area (Å²) in [5.74, 6) is 0. The van der Waals surface area contributed by atoms with Crippen molar-refractivity contribution in [1.82, 2.24) is 5.32 Å². The lowest BCUT2D eigenvalue weighted by Crippen LogP contribution is -2.36. The van der Waals surface area contributed by atoms with E-state index >= 15 is 0 Å². The summed E-state index contributed by atoms with van der Waals surface area (Å²) in [6.07, 6.45) is 9.87. The Morgan fingerprint density at radius 3 is 2.10 bits per heavy atom. The summed E-state index contributed by atoms with van der Waals surface area (Å²) in [5, 5.41) is 4.73. The Labute approximate surface area is 63.2 Å². The highest BCUT2D eigenvalue weighted by Crippen LogP contribution is 2.35. The van der Waals surface area contributed by atoms with Gasteiger partial charge in [0.15, 0.2) is 0 Å². The normalized spacial score (nSPS) is 31.2. The van der Waals surface area contributed by atoms with E-state index in [9.17, 15) is 0 Å². The Morgan fingerprint density at radius 2 is 1.50 bits per heavy atom. The van der Waals surface area contributed by atoms with Gasteiger partial charge in [0.2, 0.25) is 0 Å². The molecule has 0 amide bonds. The van der Waals surface area contributed by atoms with Crippen LogP contribution in [0.5, 0.6) is 0 Å². The maximum absolute atomic E-state index is 4.73. The first kappa shape index (κ1) is 6.66. The summed E-state index contributed by atoms with van der Waals surface area (Å²) in [5.41, 5.74) is 0.498. The zero-order valence-corrected chi connectivity index (χ0v) is 6.60. The van der Waals surface area contributed by atoms with Crippen LogP contribution in [-0.4, -0.2) is 12.1 Å². The fourth-order valence-corrected chi connectivity index (χ4v) is 2.42. The lowest BCUT2D eigenvalue weighted by Gasteiger charge is -2.31. The van der Waals surface area contributed by atoms with Crippen molar-refractivity contribution in [3.8, 4) is 0 Å². The molecule has 2 fully saturated rings. The number of nitrogens with zero attached hydrogens (tertiary/aromatic N) is 1. The second-order valence-electron chi connectivity index (χ2n) is 3.77. The molecule has 57 valence electrons. The lowest BCUT2D eigenvalue weighted by molar-refractivity contribution is 0.259. The van der Waals surface area contributed by atoms with Crippen molar-refractivity contribution < 1.29 is 0 Å². The van der Waals surface area contributed by atoms with Crippen LogP contribution in [0.25, 0.3) is 0 Å². The average molecular weight is 138 g/mol. The van der Waals surface area contributed by atoms with Crippen LogP contribution in [-0.2, 0) is 0 Å². The van der Waals surface area contributed by atoms with Gasteiger partial charge in [-0.15, -0.1) is 0 Å². The monoisotopic (exact) mass is 138 g/mol. The maximum Gasteiger partial charge on any atom is 0.0357 e. The molecule has 0 N–H and O–H groups in total. The molecular formula is C9H16N. The van der Waals surface area contributed by atoms with E-state index in [2.05, 4.69) is 0 Å². The maximum atomic E-state index is 4.73. The van der Waals surface area contributed by atoms with Gasteiger partial charge >= 0.3 is 0 Å². The molecular weight excluding hydrogens is 122 g/mol. The molecule has 2 aliphatic rings. The summed E-state index contributed by atoms with van der Waals surface area (Å²) >= 11 is 0. The van der Waals surface area contributed by atoms with Gasteiger partial charge in [-0.05, 0) is 25.7 Å². The van der Waals surface area contributed by atoms with E-state index in [-0.39, 0.29) is 0 Å². The number of hydrogen-bond acceptors (Lipinski definition) is 0.